The van der Waals surface area contributed by atoms with Crippen molar-refractivity contribution in [2.45, 2.75) is 25.9 Å². The van der Waals surface area contributed by atoms with E-state index in [1.807, 2.05) is 61.6 Å². The molecule has 0 fully saturated rings. The fourth-order valence-electron chi connectivity index (χ4n) is 2.72. The third kappa shape index (κ3) is 6.69. The van der Waals surface area contributed by atoms with Crippen molar-refractivity contribution in [2.75, 3.05) is 13.6 Å². The van der Waals surface area contributed by atoms with Crippen LogP contribution in [-0.2, 0) is 22.6 Å². The van der Waals surface area contributed by atoms with Crippen LogP contribution in [0.1, 0.15) is 18.1 Å². The summed E-state index contributed by atoms with van der Waals surface area (Å²) in [4.78, 5) is 25.2. The topological polar surface area (TPSA) is 50.6 Å². The zero-order valence-electron chi connectivity index (χ0n) is 14.6. The van der Waals surface area contributed by atoms with E-state index < -0.39 is 6.04 Å². The monoisotopic (exact) mass is 359 g/mol. The molecule has 2 aromatic carbocycles. The second kappa shape index (κ2) is 9.35. The molecule has 2 aromatic rings. The van der Waals surface area contributed by atoms with E-state index in [-0.39, 0.29) is 11.7 Å². The molecule has 0 saturated carbocycles. The third-order valence-corrected chi connectivity index (χ3v) is 4.20. The summed E-state index contributed by atoms with van der Waals surface area (Å²) in [6.07, 6.45) is 0.509. The van der Waals surface area contributed by atoms with Gasteiger partial charge < -0.3 is 10.2 Å². The number of hydrogen-bond acceptors (Lipinski definition) is 2. The number of nitrogens with one attached hydrogen (secondary N) is 2. The number of carbonyl (C=O) groups is 2. The molecule has 1 amide bonds. The summed E-state index contributed by atoms with van der Waals surface area (Å²) in [5, 5.41) is 3.55. The van der Waals surface area contributed by atoms with Gasteiger partial charge in [0.1, 0.15) is 6.54 Å². The van der Waals surface area contributed by atoms with Gasteiger partial charge in [0.2, 0.25) is 0 Å². The number of carbonyl (C=O) groups excluding carboxylic acids is 2. The SMILES string of the molecule is CC(=O)[C@@H](Cc1ccccc1)NC(=O)C[NH+](C)Cc1cccc(Cl)c1. The van der Waals surface area contributed by atoms with Crippen LogP contribution in [0.25, 0.3) is 0 Å². The van der Waals surface area contributed by atoms with Gasteiger partial charge >= 0.3 is 0 Å². The van der Waals surface area contributed by atoms with Gasteiger partial charge in [-0.15, -0.1) is 0 Å². The third-order valence-electron chi connectivity index (χ3n) is 3.97. The van der Waals surface area contributed by atoms with Crippen molar-refractivity contribution < 1.29 is 14.5 Å². The van der Waals surface area contributed by atoms with Crippen molar-refractivity contribution in [3.8, 4) is 0 Å². The highest BCUT2D eigenvalue weighted by Crippen LogP contribution is 2.09. The van der Waals surface area contributed by atoms with Crippen molar-refractivity contribution in [1.29, 1.82) is 0 Å². The van der Waals surface area contributed by atoms with Gasteiger partial charge in [0.25, 0.3) is 5.91 Å². The van der Waals surface area contributed by atoms with E-state index in [9.17, 15) is 9.59 Å². The second-order valence-electron chi connectivity index (χ2n) is 6.36. The molecule has 0 aliphatic carbocycles. The summed E-state index contributed by atoms with van der Waals surface area (Å²) >= 11 is 5.99. The highest BCUT2D eigenvalue weighted by atomic mass is 35.5. The standard InChI is InChI=1S/C20H23ClN2O2/c1-15(24)19(12-16-7-4-3-5-8-16)22-20(25)14-23(2)13-17-9-6-10-18(21)11-17/h3-11,19H,12-14H2,1-2H3,(H,22,25)/p+1/t19-/m1/s1. The zero-order chi connectivity index (χ0) is 18.2. The molecule has 0 aliphatic rings. The van der Waals surface area contributed by atoms with Crippen LogP contribution in [0.15, 0.2) is 54.6 Å². The van der Waals surface area contributed by atoms with Gasteiger partial charge in [-0.2, -0.15) is 0 Å². The number of halogens is 1. The minimum absolute atomic E-state index is 0.0373. The average Bonchev–Trinajstić information content (AvgIpc) is 2.54. The Bertz CT molecular complexity index is 719. The molecule has 1 unspecified atom stereocenters. The lowest BCUT2D eigenvalue weighted by molar-refractivity contribution is -0.885. The quantitative estimate of drug-likeness (QED) is 0.753. The van der Waals surface area contributed by atoms with E-state index in [0.29, 0.717) is 24.5 Å². The van der Waals surface area contributed by atoms with Crippen LogP contribution >= 0.6 is 11.6 Å². The average molecular weight is 360 g/mol. The molecule has 0 spiro atoms. The Labute approximate surface area is 153 Å². The maximum Gasteiger partial charge on any atom is 0.275 e. The van der Waals surface area contributed by atoms with E-state index >= 15 is 0 Å². The van der Waals surface area contributed by atoms with Crippen LogP contribution in [-0.4, -0.2) is 31.3 Å². The van der Waals surface area contributed by atoms with Crippen molar-refractivity contribution >= 4 is 23.3 Å². The van der Waals surface area contributed by atoms with Gasteiger partial charge in [0.15, 0.2) is 12.3 Å². The normalized spacial score (nSPS) is 13.1. The number of Topliss-reactive ketones (excluding diaryl/α,β-unsaturated/α-hetero) is 1. The fourth-order valence-corrected chi connectivity index (χ4v) is 2.94. The minimum atomic E-state index is -0.492. The van der Waals surface area contributed by atoms with E-state index in [1.54, 1.807) is 0 Å². The molecule has 0 heterocycles. The highest BCUT2D eigenvalue weighted by Gasteiger charge is 2.19. The molecular weight excluding hydrogens is 336 g/mol. The zero-order valence-corrected chi connectivity index (χ0v) is 15.3. The van der Waals surface area contributed by atoms with Crippen LogP contribution in [0.5, 0.6) is 0 Å². The lowest BCUT2D eigenvalue weighted by atomic mass is 10.0. The summed E-state index contributed by atoms with van der Waals surface area (Å²) in [5.74, 6) is -0.166. The Kier molecular flexibility index (Phi) is 7.16. The smallest absolute Gasteiger partial charge is 0.275 e. The van der Waals surface area contributed by atoms with Crippen LogP contribution in [0.2, 0.25) is 5.02 Å². The Morgan fingerprint density at radius 2 is 1.76 bits per heavy atom. The number of benzene rings is 2. The maximum atomic E-state index is 12.3. The first-order chi connectivity index (χ1) is 11.9. The van der Waals surface area contributed by atoms with Crippen molar-refractivity contribution in [2.24, 2.45) is 0 Å². The van der Waals surface area contributed by atoms with Crippen molar-refractivity contribution in [1.82, 2.24) is 5.32 Å². The van der Waals surface area contributed by atoms with E-state index in [2.05, 4.69) is 5.32 Å². The molecule has 2 atom stereocenters. The highest BCUT2D eigenvalue weighted by molar-refractivity contribution is 6.30. The molecule has 0 radical (unpaired) electrons. The second-order valence-corrected chi connectivity index (χ2v) is 6.80. The molecule has 4 nitrogen and oxygen atoms in total. The summed E-state index contributed by atoms with van der Waals surface area (Å²) < 4.78 is 0. The van der Waals surface area contributed by atoms with Gasteiger partial charge in [-0.05, 0) is 31.0 Å². The van der Waals surface area contributed by atoms with Crippen molar-refractivity contribution in [3.63, 3.8) is 0 Å². The van der Waals surface area contributed by atoms with Crippen LogP contribution in [0.3, 0.4) is 0 Å². The lowest BCUT2D eigenvalue weighted by Gasteiger charge is -2.18. The van der Waals surface area contributed by atoms with Gasteiger partial charge in [-0.25, -0.2) is 0 Å². The largest absolute Gasteiger partial charge is 0.341 e. The Balaban J connectivity index is 1.89. The first-order valence-electron chi connectivity index (χ1n) is 8.33. The fraction of sp³-hybridized carbons (Fsp3) is 0.300. The van der Waals surface area contributed by atoms with E-state index in [0.717, 1.165) is 16.0 Å². The van der Waals surface area contributed by atoms with Gasteiger partial charge in [0, 0.05) is 10.6 Å². The predicted octanol–water partition coefficient (Wildman–Crippen LogP) is 1.67. The summed E-state index contributed by atoms with van der Waals surface area (Å²) in [6.45, 7) is 2.50. The predicted molar refractivity (Wildman–Crippen MR) is 99.7 cm³/mol. The first-order valence-corrected chi connectivity index (χ1v) is 8.71. The maximum absolute atomic E-state index is 12.3. The van der Waals surface area contributed by atoms with E-state index in [4.69, 9.17) is 11.6 Å². The summed E-state index contributed by atoms with van der Waals surface area (Å²) in [6, 6.07) is 16.8. The number of ketones is 1. The molecule has 0 saturated heterocycles. The molecule has 132 valence electrons. The number of rotatable bonds is 8. The van der Waals surface area contributed by atoms with Crippen molar-refractivity contribution in [3.05, 3.63) is 70.7 Å². The number of likely N-dealkylation sites (N-methyl/N-ethyl adjacent to an activating group) is 1. The van der Waals surface area contributed by atoms with Crippen LogP contribution < -0.4 is 10.2 Å². The molecule has 0 aliphatic heterocycles. The number of quaternary nitrogens is 1. The van der Waals surface area contributed by atoms with Crippen LogP contribution in [0, 0.1) is 0 Å². The van der Waals surface area contributed by atoms with Crippen LogP contribution in [0.4, 0.5) is 0 Å². The summed E-state index contributed by atoms with van der Waals surface area (Å²) in [5.41, 5.74) is 2.10. The van der Waals surface area contributed by atoms with E-state index in [1.165, 1.54) is 6.92 Å². The molecule has 5 heteroatoms. The lowest BCUT2D eigenvalue weighted by Crippen LogP contribution is -3.09. The Morgan fingerprint density at radius 1 is 1.08 bits per heavy atom. The minimum Gasteiger partial charge on any atom is -0.341 e. The molecule has 0 aromatic heterocycles. The van der Waals surface area contributed by atoms with Gasteiger partial charge in [0.05, 0.1) is 13.1 Å². The Hall–Kier alpha value is -2.17. The molecule has 25 heavy (non-hydrogen) atoms. The first kappa shape index (κ1) is 19.2. The number of amides is 1. The summed E-state index contributed by atoms with van der Waals surface area (Å²) in [7, 11) is 1.94. The molecule has 2 rings (SSSR count). The van der Waals surface area contributed by atoms with Gasteiger partial charge in [-0.1, -0.05) is 54.1 Å². The molecular formula is C20H24ClN2O2+. The molecule has 2 N–H and O–H groups in total. The van der Waals surface area contributed by atoms with Gasteiger partial charge in [-0.3, -0.25) is 9.59 Å². The molecule has 0 bridgehead atoms. The number of hydrogen-bond donors (Lipinski definition) is 2. The Morgan fingerprint density at radius 3 is 2.40 bits per heavy atom.